The number of carbonyl (C=O) groups is 2. The molecule has 2 aromatic carbocycles. The van der Waals surface area contributed by atoms with E-state index in [1.165, 1.54) is 23.9 Å². The van der Waals surface area contributed by atoms with Crippen LogP contribution in [0.2, 0.25) is 0 Å². The van der Waals surface area contributed by atoms with Gasteiger partial charge >= 0.3 is 0 Å². The molecule has 2 fully saturated rings. The van der Waals surface area contributed by atoms with Gasteiger partial charge in [-0.15, -0.1) is 0 Å². The Labute approximate surface area is 170 Å². The number of anilines is 1. The van der Waals surface area contributed by atoms with Gasteiger partial charge in [-0.1, -0.05) is 54.3 Å². The van der Waals surface area contributed by atoms with Crippen molar-refractivity contribution in [2.45, 2.75) is 16.2 Å². The van der Waals surface area contributed by atoms with E-state index < -0.39 is 10.3 Å². The fourth-order valence-corrected chi connectivity index (χ4v) is 6.90. The largest absolute Gasteiger partial charge is 0.324 e. The fourth-order valence-electron chi connectivity index (χ4n) is 4.97. The number of likely N-dealkylation sites (N-methyl/N-ethyl adjacent to an activating group) is 1. The molecule has 3 heterocycles. The summed E-state index contributed by atoms with van der Waals surface area (Å²) in [5, 5.41) is 5.71. The SMILES string of the molecule is CN1C[C@H](c2ccc(F)cc2)[C@]2(SC(=S)NC2=O)[C@]12C(=O)Nc1ccccc12. The molecule has 8 heteroatoms. The smallest absolute Gasteiger partial charge is 0.251 e. The van der Waals surface area contributed by atoms with E-state index in [1.54, 1.807) is 12.1 Å². The van der Waals surface area contributed by atoms with Crippen molar-refractivity contribution in [2.75, 3.05) is 18.9 Å². The molecule has 0 aromatic heterocycles. The fraction of sp³-hybridized carbons (Fsp3) is 0.250. The number of hydrogen-bond acceptors (Lipinski definition) is 5. The second kappa shape index (κ2) is 5.85. The predicted octanol–water partition coefficient (Wildman–Crippen LogP) is 2.59. The van der Waals surface area contributed by atoms with Gasteiger partial charge in [0.25, 0.3) is 5.91 Å². The standard InChI is InChI=1S/C20H16FN3O2S2/c1-24-10-14(11-6-8-12(21)9-7-11)20(17(26)23-18(27)28-20)19(24)13-4-2-3-5-15(13)22-16(19)25/h2-9,14H,10H2,1H3,(H,22,25)(H,23,26,27)/t14-,19+,20-/m1/s1. The Morgan fingerprint density at radius 2 is 1.82 bits per heavy atom. The molecule has 28 heavy (non-hydrogen) atoms. The highest BCUT2D eigenvalue weighted by Crippen LogP contribution is 2.64. The van der Waals surface area contributed by atoms with Crippen molar-refractivity contribution in [3.05, 3.63) is 65.5 Å². The van der Waals surface area contributed by atoms with Gasteiger partial charge in [0, 0.05) is 23.7 Å². The summed E-state index contributed by atoms with van der Waals surface area (Å²) in [6, 6.07) is 13.6. The first-order valence-electron chi connectivity index (χ1n) is 8.83. The van der Waals surface area contributed by atoms with Crippen LogP contribution in [0, 0.1) is 5.82 Å². The lowest BCUT2D eigenvalue weighted by atomic mass is 9.72. The number of thiocarbonyl (C=S) groups is 1. The number of hydrogen-bond donors (Lipinski definition) is 2. The summed E-state index contributed by atoms with van der Waals surface area (Å²) in [6.07, 6.45) is 0. The number of amides is 2. The van der Waals surface area contributed by atoms with Crippen LogP contribution in [0.1, 0.15) is 17.0 Å². The second-order valence-electron chi connectivity index (χ2n) is 7.27. The quantitative estimate of drug-likeness (QED) is 0.704. The minimum atomic E-state index is -1.21. The Balaban J connectivity index is 1.81. The molecule has 2 aromatic rings. The van der Waals surface area contributed by atoms with Gasteiger partial charge in [-0.25, -0.2) is 4.39 Å². The van der Waals surface area contributed by atoms with E-state index in [1.807, 2.05) is 36.2 Å². The van der Waals surface area contributed by atoms with E-state index in [-0.39, 0.29) is 23.5 Å². The molecule has 0 aliphatic carbocycles. The third-order valence-electron chi connectivity index (χ3n) is 6.03. The molecule has 0 saturated carbocycles. The van der Waals surface area contributed by atoms with Gasteiger partial charge < -0.3 is 10.6 Å². The molecule has 2 spiro atoms. The number of nitrogens with zero attached hydrogens (tertiary/aromatic N) is 1. The highest BCUT2D eigenvalue weighted by molar-refractivity contribution is 8.25. The number of benzene rings is 2. The minimum absolute atomic E-state index is 0.242. The van der Waals surface area contributed by atoms with Crippen molar-refractivity contribution in [2.24, 2.45) is 0 Å². The zero-order chi connectivity index (χ0) is 19.7. The number of fused-ring (bicyclic) bond motifs is 3. The summed E-state index contributed by atoms with van der Waals surface area (Å²) in [5.41, 5.74) is 1.05. The highest BCUT2D eigenvalue weighted by Gasteiger charge is 2.76. The maximum atomic E-state index is 13.5. The Hall–Kier alpha value is -2.29. The van der Waals surface area contributed by atoms with Crippen LogP contribution in [-0.4, -0.2) is 39.4 Å². The molecular weight excluding hydrogens is 397 g/mol. The number of halogens is 1. The first-order chi connectivity index (χ1) is 13.4. The topological polar surface area (TPSA) is 61.4 Å². The van der Waals surface area contributed by atoms with Crippen LogP contribution in [0.5, 0.6) is 0 Å². The Morgan fingerprint density at radius 3 is 2.50 bits per heavy atom. The molecule has 0 radical (unpaired) electrons. The molecule has 3 aliphatic heterocycles. The average Bonchev–Trinajstić information content (AvgIpc) is 3.23. The van der Waals surface area contributed by atoms with Gasteiger partial charge in [-0.3, -0.25) is 14.5 Å². The molecule has 2 N–H and O–H groups in total. The van der Waals surface area contributed by atoms with Crippen LogP contribution in [0.25, 0.3) is 0 Å². The van der Waals surface area contributed by atoms with Crippen LogP contribution in [0.4, 0.5) is 10.1 Å². The van der Waals surface area contributed by atoms with E-state index in [2.05, 4.69) is 10.6 Å². The van der Waals surface area contributed by atoms with E-state index in [0.717, 1.165) is 11.1 Å². The molecule has 2 saturated heterocycles. The number of carbonyl (C=O) groups excluding carboxylic acids is 2. The van der Waals surface area contributed by atoms with Gasteiger partial charge in [0.15, 0.2) is 5.54 Å². The lowest BCUT2D eigenvalue weighted by molar-refractivity contribution is -0.133. The third kappa shape index (κ3) is 1.97. The summed E-state index contributed by atoms with van der Waals surface area (Å²) >= 11 is 6.58. The zero-order valence-corrected chi connectivity index (χ0v) is 16.5. The van der Waals surface area contributed by atoms with Crippen LogP contribution in [0.15, 0.2) is 48.5 Å². The van der Waals surface area contributed by atoms with Gasteiger partial charge in [-0.2, -0.15) is 0 Å². The van der Waals surface area contributed by atoms with Crippen molar-refractivity contribution in [1.82, 2.24) is 10.2 Å². The predicted molar refractivity (Wildman–Crippen MR) is 110 cm³/mol. The van der Waals surface area contributed by atoms with E-state index in [4.69, 9.17) is 12.2 Å². The molecular formula is C20H16FN3O2S2. The lowest BCUT2D eigenvalue weighted by Crippen LogP contribution is -2.61. The van der Waals surface area contributed by atoms with Crippen molar-refractivity contribution < 1.29 is 14.0 Å². The number of likely N-dealkylation sites (tertiary alicyclic amines) is 1. The van der Waals surface area contributed by atoms with Crippen molar-refractivity contribution in [3.63, 3.8) is 0 Å². The average molecular weight is 413 g/mol. The molecule has 0 unspecified atom stereocenters. The van der Waals surface area contributed by atoms with E-state index in [0.29, 0.717) is 16.6 Å². The number of para-hydroxylation sites is 1. The highest BCUT2D eigenvalue weighted by atomic mass is 32.2. The van der Waals surface area contributed by atoms with E-state index >= 15 is 0 Å². The first-order valence-corrected chi connectivity index (χ1v) is 10.1. The van der Waals surface area contributed by atoms with Crippen molar-refractivity contribution in [3.8, 4) is 0 Å². The molecule has 5 nitrogen and oxygen atoms in total. The first kappa shape index (κ1) is 17.8. The number of thioether (sulfide) groups is 1. The van der Waals surface area contributed by atoms with E-state index in [9.17, 15) is 14.0 Å². The van der Waals surface area contributed by atoms with Crippen LogP contribution in [0.3, 0.4) is 0 Å². The van der Waals surface area contributed by atoms with Crippen molar-refractivity contribution >= 4 is 45.8 Å². The maximum absolute atomic E-state index is 13.5. The summed E-state index contributed by atoms with van der Waals surface area (Å²) in [5.74, 6) is -1.22. The minimum Gasteiger partial charge on any atom is -0.324 e. The molecule has 2 amide bonds. The number of rotatable bonds is 1. The molecule has 142 valence electrons. The Bertz CT molecular complexity index is 1040. The number of nitrogens with one attached hydrogen (secondary N) is 2. The summed E-state index contributed by atoms with van der Waals surface area (Å²) in [4.78, 5) is 28.8. The van der Waals surface area contributed by atoms with Gasteiger partial charge in [-0.05, 0) is 30.8 Å². The Kier molecular flexibility index (Phi) is 3.72. The normalized spacial score (nSPS) is 31.5. The molecule has 0 bridgehead atoms. The van der Waals surface area contributed by atoms with Gasteiger partial charge in [0.1, 0.15) is 14.9 Å². The van der Waals surface area contributed by atoms with Crippen molar-refractivity contribution in [1.29, 1.82) is 0 Å². The third-order valence-corrected chi connectivity index (χ3v) is 7.76. The zero-order valence-electron chi connectivity index (χ0n) is 14.9. The Morgan fingerprint density at radius 1 is 1.11 bits per heavy atom. The molecule has 3 aliphatic rings. The van der Waals surface area contributed by atoms with Crippen LogP contribution < -0.4 is 10.6 Å². The van der Waals surface area contributed by atoms with Gasteiger partial charge in [0.2, 0.25) is 5.91 Å². The monoisotopic (exact) mass is 413 g/mol. The molecule has 5 rings (SSSR count). The van der Waals surface area contributed by atoms with Gasteiger partial charge in [0.05, 0.1) is 0 Å². The molecule has 3 atom stereocenters. The summed E-state index contributed by atoms with van der Waals surface area (Å²) in [7, 11) is 1.85. The van der Waals surface area contributed by atoms with Crippen LogP contribution >= 0.6 is 24.0 Å². The second-order valence-corrected chi connectivity index (χ2v) is 9.20. The summed E-state index contributed by atoms with van der Waals surface area (Å²) in [6.45, 7) is 0.455. The maximum Gasteiger partial charge on any atom is 0.251 e. The van der Waals surface area contributed by atoms with Crippen LogP contribution in [-0.2, 0) is 15.1 Å². The lowest BCUT2D eigenvalue weighted by Gasteiger charge is -2.41. The summed E-state index contributed by atoms with van der Waals surface area (Å²) < 4.78 is 12.7.